The molecule has 5 heteroatoms. The summed E-state index contributed by atoms with van der Waals surface area (Å²) < 4.78 is 12.1. The van der Waals surface area contributed by atoms with Gasteiger partial charge in [0.1, 0.15) is 13.2 Å². The third-order valence-electron chi connectivity index (χ3n) is 5.38. The number of primary amides is 1. The molecular formula is C28H25NO4. The number of carbonyl (C=O) groups is 1. The molecule has 33 heavy (non-hydrogen) atoms. The molecule has 3 N–H and O–H groups in total. The fraction of sp³-hybridized carbons (Fsp3) is 0.107. The number of carbonyl (C=O) groups excluding carboxylic acids is 1. The van der Waals surface area contributed by atoms with Crippen molar-refractivity contribution in [1.29, 1.82) is 0 Å². The van der Waals surface area contributed by atoms with Gasteiger partial charge in [-0.3, -0.25) is 4.79 Å². The smallest absolute Gasteiger partial charge is 0.258 e. The van der Waals surface area contributed by atoms with E-state index < -0.39 is 11.5 Å². The van der Waals surface area contributed by atoms with E-state index in [1.54, 1.807) is 48.5 Å². The zero-order valence-electron chi connectivity index (χ0n) is 18.1. The predicted molar refractivity (Wildman–Crippen MR) is 127 cm³/mol. The Labute approximate surface area is 193 Å². The highest BCUT2D eigenvalue weighted by Crippen LogP contribution is 2.37. The number of hydrogen-bond acceptors (Lipinski definition) is 4. The minimum absolute atomic E-state index is 0.298. The second-order valence-corrected chi connectivity index (χ2v) is 7.65. The molecule has 0 spiro atoms. The van der Waals surface area contributed by atoms with Gasteiger partial charge in [0.2, 0.25) is 0 Å². The molecule has 166 valence electrons. The molecule has 0 aliphatic carbocycles. The number of hydrogen-bond donors (Lipinski definition) is 2. The molecule has 0 heterocycles. The molecule has 0 fully saturated rings. The maximum absolute atomic E-state index is 12.4. The molecule has 0 bridgehead atoms. The van der Waals surface area contributed by atoms with Crippen molar-refractivity contribution in [2.24, 2.45) is 5.73 Å². The van der Waals surface area contributed by atoms with Crippen LogP contribution in [0, 0.1) is 0 Å². The zero-order chi connectivity index (χ0) is 23.1. The van der Waals surface area contributed by atoms with Crippen LogP contribution in [-0.4, -0.2) is 11.0 Å². The molecule has 0 saturated heterocycles. The van der Waals surface area contributed by atoms with Crippen molar-refractivity contribution in [2.75, 3.05) is 0 Å². The lowest BCUT2D eigenvalue weighted by Gasteiger charge is -2.26. The molecule has 4 aromatic carbocycles. The molecule has 1 amide bonds. The molecule has 4 aromatic rings. The van der Waals surface area contributed by atoms with Crippen LogP contribution in [0.5, 0.6) is 11.5 Å². The first-order chi connectivity index (χ1) is 16.1. The zero-order valence-corrected chi connectivity index (χ0v) is 18.1. The minimum Gasteiger partial charge on any atom is -0.485 e. The molecular weight excluding hydrogens is 414 g/mol. The Balaban J connectivity index is 1.69. The van der Waals surface area contributed by atoms with Gasteiger partial charge in [-0.15, -0.1) is 0 Å². The van der Waals surface area contributed by atoms with E-state index in [0.29, 0.717) is 35.8 Å². The third-order valence-corrected chi connectivity index (χ3v) is 5.38. The van der Waals surface area contributed by atoms with Crippen LogP contribution >= 0.6 is 0 Å². The summed E-state index contributed by atoms with van der Waals surface area (Å²) in [7, 11) is 0. The lowest BCUT2D eigenvalue weighted by molar-refractivity contribution is -0.133. The number of rotatable bonds is 9. The van der Waals surface area contributed by atoms with Gasteiger partial charge in [0, 0.05) is 5.56 Å². The lowest BCUT2D eigenvalue weighted by atomic mass is 9.85. The highest BCUT2D eigenvalue weighted by molar-refractivity contribution is 5.88. The fourth-order valence-corrected chi connectivity index (χ4v) is 3.57. The number of amides is 1. The van der Waals surface area contributed by atoms with Crippen LogP contribution in [0.1, 0.15) is 22.3 Å². The number of benzene rings is 4. The molecule has 5 nitrogen and oxygen atoms in total. The van der Waals surface area contributed by atoms with E-state index >= 15 is 0 Å². The van der Waals surface area contributed by atoms with Crippen LogP contribution in [0.2, 0.25) is 0 Å². The summed E-state index contributed by atoms with van der Waals surface area (Å²) in [6.07, 6.45) is 0. The summed E-state index contributed by atoms with van der Waals surface area (Å²) in [5, 5.41) is 11.4. The molecule has 0 saturated carbocycles. The third kappa shape index (κ3) is 5.05. The Morgan fingerprint density at radius 3 is 1.67 bits per heavy atom. The quantitative estimate of drug-likeness (QED) is 0.400. The first kappa shape index (κ1) is 22.1. The number of nitrogens with two attached hydrogens (primary N) is 1. The lowest BCUT2D eigenvalue weighted by Crippen LogP contribution is -2.42. The highest BCUT2D eigenvalue weighted by Gasteiger charge is 2.38. The van der Waals surface area contributed by atoms with Gasteiger partial charge in [-0.2, -0.15) is 0 Å². The van der Waals surface area contributed by atoms with Gasteiger partial charge in [0.05, 0.1) is 0 Å². The van der Waals surface area contributed by atoms with Gasteiger partial charge >= 0.3 is 0 Å². The van der Waals surface area contributed by atoms with E-state index in [0.717, 1.165) is 11.1 Å². The van der Waals surface area contributed by atoms with Crippen LogP contribution in [0.3, 0.4) is 0 Å². The van der Waals surface area contributed by atoms with Crippen molar-refractivity contribution in [3.63, 3.8) is 0 Å². The van der Waals surface area contributed by atoms with Crippen LogP contribution < -0.4 is 15.2 Å². The number of aliphatic hydroxyl groups is 1. The molecule has 0 aromatic heterocycles. The van der Waals surface area contributed by atoms with Crippen molar-refractivity contribution >= 4 is 5.91 Å². The molecule has 0 aliphatic heterocycles. The maximum atomic E-state index is 12.4. The summed E-state index contributed by atoms with van der Waals surface area (Å²) in [6, 6.07) is 33.0. The Morgan fingerprint density at radius 2 is 1.15 bits per heavy atom. The predicted octanol–water partition coefficient (Wildman–Crippen LogP) is 4.57. The van der Waals surface area contributed by atoms with E-state index in [1.165, 1.54) is 0 Å². The standard InChI is InChI=1S/C28H25NO4/c29-27(30)28(31,23-14-8-3-9-15-23)24-16-17-25(32-19-21-10-4-1-5-11-21)26(18-24)33-20-22-12-6-2-7-13-22/h1-18,31H,19-20H2,(H2,29,30). The Morgan fingerprint density at radius 1 is 0.667 bits per heavy atom. The van der Waals surface area contributed by atoms with Crippen molar-refractivity contribution < 1.29 is 19.4 Å². The van der Waals surface area contributed by atoms with Crippen molar-refractivity contribution in [2.45, 2.75) is 18.8 Å². The Bertz CT molecular complexity index is 1200. The highest BCUT2D eigenvalue weighted by atomic mass is 16.5. The topological polar surface area (TPSA) is 81.8 Å². The van der Waals surface area contributed by atoms with Crippen molar-refractivity contribution in [1.82, 2.24) is 0 Å². The van der Waals surface area contributed by atoms with E-state index in [4.69, 9.17) is 15.2 Å². The first-order valence-electron chi connectivity index (χ1n) is 10.6. The van der Waals surface area contributed by atoms with Crippen molar-refractivity contribution in [3.05, 3.63) is 131 Å². The fourth-order valence-electron chi connectivity index (χ4n) is 3.57. The van der Waals surface area contributed by atoms with Gasteiger partial charge in [0.15, 0.2) is 17.1 Å². The second-order valence-electron chi connectivity index (χ2n) is 7.65. The summed E-state index contributed by atoms with van der Waals surface area (Å²) in [6.45, 7) is 0.646. The summed E-state index contributed by atoms with van der Waals surface area (Å²) in [5.74, 6) is 0.0296. The molecule has 0 aliphatic rings. The average molecular weight is 440 g/mol. The second kappa shape index (κ2) is 10.0. The van der Waals surface area contributed by atoms with Crippen LogP contribution in [0.15, 0.2) is 109 Å². The largest absolute Gasteiger partial charge is 0.485 e. The van der Waals surface area contributed by atoms with Gasteiger partial charge < -0.3 is 20.3 Å². The molecule has 4 rings (SSSR count). The number of ether oxygens (including phenoxy) is 2. The van der Waals surface area contributed by atoms with E-state index in [9.17, 15) is 9.90 Å². The Hall–Kier alpha value is -4.09. The van der Waals surface area contributed by atoms with Crippen molar-refractivity contribution in [3.8, 4) is 11.5 Å². The monoisotopic (exact) mass is 439 g/mol. The SMILES string of the molecule is NC(=O)C(O)(c1ccccc1)c1ccc(OCc2ccccc2)c(OCc2ccccc2)c1. The first-order valence-corrected chi connectivity index (χ1v) is 10.6. The van der Waals surface area contributed by atoms with Crippen LogP contribution in [0.25, 0.3) is 0 Å². The van der Waals surface area contributed by atoms with E-state index in [1.807, 2.05) is 60.7 Å². The normalized spacial score (nSPS) is 12.5. The van der Waals surface area contributed by atoms with Gasteiger partial charge in [0.25, 0.3) is 5.91 Å². The Kier molecular flexibility index (Phi) is 6.72. The minimum atomic E-state index is -2.01. The van der Waals surface area contributed by atoms with Gasteiger partial charge in [-0.25, -0.2) is 0 Å². The van der Waals surface area contributed by atoms with Crippen LogP contribution in [-0.2, 0) is 23.6 Å². The molecule has 1 unspecified atom stereocenters. The molecule has 1 atom stereocenters. The van der Waals surface area contributed by atoms with Gasteiger partial charge in [-0.1, -0.05) is 97.1 Å². The summed E-state index contributed by atoms with van der Waals surface area (Å²) >= 11 is 0. The van der Waals surface area contributed by atoms with E-state index in [-0.39, 0.29) is 0 Å². The molecule has 0 radical (unpaired) electrons. The summed E-state index contributed by atoms with van der Waals surface area (Å²) in [5.41, 5.74) is 6.32. The average Bonchev–Trinajstić information content (AvgIpc) is 2.87. The van der Waals surface area contributed by atoms with E-state index in [2.05, 4.69) is 0 Å². The maximum Gasteiger partial charge on any atom is 0.258 e. The summed E-state index contributed by atoms with van der Waals surface area (Å²) in [4.78, 5) is 12.4. The van der Waals surface area contributed by atoms with Crippen LogP contribution in [0.4, 0.5) is 0 Å². The van der Waals surface area contributed by atoms with Gasteiger partial charge in [-0.05, 0) is 28.8 Å².